The maximum Gasteiger partial charge on any atom is 0.308 e. The summed E-state index contributed by atoms with van der Waals surface area (Å²) in [5.41, 5.74) is 0. The summed E-state index contributed by atoms with van der Waals surface area (Å²) >= 11 is 0. The van der Waals surface area contributed by atoms with Crippen LogP contribution in [0, 0.1) is 0 Å². The molecule has 0 aromatic carbocycles. The van der Waals surface area contributed by atoms with Gasteiger partial charge in [-0.05, 0) is 0 Å². The lowest BCUT2D eigenvalue weighted by atomic mass is 10.2. The number of nitrogens with two attached hydrogens (primary N) is 1. The van der Waals surface area contributed by atoms with Crippen LogP contribution in [0.3, 0.4) is 0 Å². The van der Waals surface area contributed by atoms with Crippen LogP contribution in [0.15, 0.2) is 0 Å². The number of methoxy groups -OCH3 is 1. The Morgan fingerprint density at radius 2 is 2.58 bits per heavy atom. The second kappa shape index (κ2) is 4.39. The fraction of sp³-hybridized carbons (Fsp3) is 0.857. The summed E-state index contributed by atoms with van der Waals surface area (Å²) in [6.07, 6.45) is 0.167. The zero-order valence-corrected chi connectivity index (χ0v) is 7.16. The summed E-state index contributed by atoms with van der Waals surface area (Å²) in [6.45, 7) is 1.89. The van der Waals surface area contributed by atoms with Crippen LogP contribution in [0.2, 0.25) is 0 Å². The Morgan fingerprint density at radius 1 is 1.83 bits per heavy atom. The van der Waals surface area contributed by atoms with Crippen LogP contribution in [0.4, 0.5) is 0 Å². The first-order valence-corrected chi connectivity index (χ1v) is 3.90. The Bertz CT molecular complexity index is 163. The monoisotopic (exact) mass is 174 g/mol. The number of nitrogens with zero attached hydrogens (tertiary/aromatic N) is 1. The Kier molecular flexibility index (Phi) is 3.46. The van der Waals surface area contributed by atoms with Gasteiger partial charge < -0.3 is 9.47 Å². The number of morpholine rings is 1. The molecule has 5 heteroatoms. The van der Waals surface area contributed by atoms with E-state index in [2.05, 4.69) is 4.74 Å². The predicted octanol–water partition coefficient (Wildman–Crippen LogP) is -0.876. The summed E-state index contributed by atoms with van der Waals surface area (Å²) in [4.78, 5) is 10.8. The van der Waals surface area contributed by atoms with E-state index in [0.29, 0.717) is 13.2 Å². The lowest BCUT2D eigenvalue weighted by Crippen LogP contribution is -2.46. The van der Waals surface area contributed by atoms with E-state index in [1.165, 1.54) is 7.11 Å². The van der Waals surface area contributed by atoms with Gasteiger partial charge >= 0.3 is 5.97 Å². The Hall–Kier alpha value is -0.650. The van der Waals surface area contributed by atoms with Crippen molar-refractivity contribution in [3.8, 4) is 0 Å². The van der Waals surface area contributed by atoms with E-state index < -0.39 is 0 Å². The summed E-state index contributed by atoms with van der Waals surface area (Å²) in [5.74, 6) is 5.29. The van der Waals surface area contributed by atoms with Gasteiger partial charge in [0.15, 0.2) is 0 Å². The number of carbonyl (C=O) groups is 1. The van der Waals surface area contributed by atoms with Gasteiger partial charge in [0.2, 0.25) is 0 Å². The van der Waals surface area contributed by atoms with Gasteiger partial charge in [-0.1, -0.05) is 0 Å². The van der Waals surface area contributed by atoms with Crippen LogP contribution in [-0.4, -0.2) is 43.9 Å². The van der Waals surface area contributed by atoms with Gasteiger partial charge in [0, 0.05) is 13.1 Å². The van der Waals surface area contributed by atoms with Gasteiger partial charge in [0.1, 0.15) is 0 Å². The van der Waals surface area contributed by atoms with E-state index in [1.807, 2.05) is 0 Å². The standard InChI is InChI=1S/C7H14N2O3/c1-11-7(10)4-6-5-9(8)2-3-12-6/h6H,2-5,8H2,1H3. The number of hydrogen-bond donors (Lipinski definition) is 1. The number of hydrazine groups is 1. The Labute approximate surface area is 71.4 Å². The predicted molar refractivity (Wildman–Crippen MR) is 42.1 cm³/mol. The average molecular weight is 174 g/mol. The molecule has 0 aromatic heterocycles. The van der Waals surface area contributed by atoms with Crippen molar-refractivity contribution in [1.29, 1.82) is 0 Å². The lowest BCUT2D eigenvalue weighted by Gasteiger charge is -2.28. The van der Waals surface area contributed by atoms with Crippen molar-refractivity contribution < 1.29 is 14.3 Å². The third-order valence-electron chi connectivity index (χ3n) is 1.79. The van der Waals surface area contributed by atoms with E-state index in [9.17, 15) is 4.79 Å². The number of hydrogen-bond acceptors (Lipinski definition) is 5. The molecule has 1 rings (SSSR count). The zero-order valence-electron chi connectivity index (χ0n) is 7.16. The molecular formula is C7H14N2O3. The molecule has 0 bridgehead atoms. The van der Waals surface area contributed by atoms with Crippen molar-refractivity contribution in [3.63, 3.8) is 0 Å². The van der Waals surface area contributed by atoms with Gasteiger partial charge in [0.05, 0.1) is 26.2 Å². The van der Waals surface area contributed by atoms with Gasteiger partial charge in [-0.2, -0.15) is 0 Å². The molecule has 0 spiro atoms. The fourth-order valence-electron chi connectivity index (χ4n) is 1.13. The zero-order chi connectivity index (χ0) is 8.97. The smallest absolute Gasteiger partial charge is 0.308 e. The second-order valence-electron chi connectivity index (χ2n) is 2.77. The number of carbonyl (C=O) groups excluding carboxylic acids is 1. The van der Waals surface area contributed by atoms with Crippen molar-refractivity contribution in [2.45, 2.75) is 12.5 Å². The first-order chi connectivity index (χ1) is 5.72. The molecule has 1 atom stereocenters. The van der Waals surface area contributed by atoms with Crippen molar-refractivity contribution >= 4 is 5.97 Å². The molecule has 0 radical (unpaired) electrons. The number of ether oxygens (including phenoxy) is 2. The molecular weight excluding hydrogens is 160 g/mol. The molecule has 12 heavy (non-hydrogen) atoms. The van der Waals surface area contributed by atoms with Gasteiger partial charge in [-0.25, -0.2) is 5.01 Å². The second-order valence-corrected chi connectivity index (χ2v) is 2.77. The average Bonchev–Trinajstić information content (AvgIpc) is 2.04. The van der Waals surface area contributed by atoms with Gasteiger partial charge in [-0.3, -0.25) is 10.6 Å². The number of esters is 1. The molecule has 1 fully saturated rings. The molecule has 0 aliphatic carbocycles. The summed E-state index contributed by atoms with van der Waals surface area (Å²) in [7, 11) is 1.37. The van der Waals surface area contributed by atoms with Crippen LogP contribution in [0.25, 0.3) is 0 Å². The molecule has 2 N–H and O–H groups in total. The molecule has 0 amide bonds. The van der Waals surface area contributed by atoms with E-state index in [1.54, 1.807) is 5.01 Å². The minimum absolute atomic E-state index is 0.115. The Morgan fingerprint density at radius 3 is 3.17 bits per heavy atom. The maximum atomic E-state index is 10.8. The highest BCUT2D eigenvalue weighted by molar-refractivity contribution is 5.69. The minimum atomic E-state index is -0.254. The van der Waals surface area contributed by atoms with E-state index in [0.717, 1.165) is 6.54 Å². The molecule has 70 valence electrons. The molecule has 0 aromatic rings. The third kappa shape index (κ3) is 2.77. The molecule has 1 unspecified atom stereocenters. The summed E-state index contributed by atoms with van der Waals surface area (Å²) in [5, 5.41) is 1.65. The summed E-state index contributed by atoms with van der Waals surface area (Å²) in [6, 6.07) is 0. The first kappa shape index (κ1) is 9.44. The topological polar surface area (TPSA) is 64.8 Å². The first-order valence-electron chi connectivity index (χ1n) is 3.90. The highest BCUT2D eigenvalue weighted by Gasteiger charge is 2.20. The molecule has 0 saturated carbocycles. The third-order valence-corrected chi connectivity index (χ3v) is 1.79. The van der Waals surface area contributed by atoms with Crippen LogP contribution < -0.4 is 5.84 Å². The van der Waals surface area contributed by atoms with E-state index in [4.69, 9.17) is 10.6 Å². The van der Waals surface area contributed by atoms with E-state index >= 15 is 0 Å². The number of rotatable bonds is 2. The molecule has 5 nitrogen and oxygen atoms in total. The maximum absolute atomic E-state index is 10.8. The minimum Gasteiger partial charge on any atom is -0.469 e. The Balaban J connectivity index is 2.27. The molecule has 1 aliphatic heterocycles. The lowest BCUT2D eigenvalue weighted by molar-refractivity contribution is -0.145. The van der Waals surface area contributed by atoms with Crippen molar-refractivity contribution in [2.24, 2.45) is 5.84 Å². The molecule has 1 heterocycles. The van der Waals surface area contributed by atoms with Crippen molar-refractivity contribution in [2.75, 3.05) is 26.8 Å². The largest absolute Gasteiger partial charge is 0.469 e. The highest BCUT2D eigenvalue weighted by Crippen LogP contribution is 2.05. The van der Waals surface area contributed by atoms with Crippen LogP contribution in [-0.2, 0) is 14.3 Å². The van der Waals surface area contributed by atoms with Crippen molar-refractivity contribution in [3.05, 3.63) is 0 Å². The van der Waals surface area contributed by atoms with Crippen molar-refractivity contribution in [1.82, 2.24) is 5.01 Å². The summed E-state index contributed by atoms with van der Waals surface area (Å²) < 4.78 is 9.81. The van der Waals surface area contributed by atoms with Crippen LogP contribution in [0.1, 0.15) is 6.42 Å². The normalized spacial score (nSPS) is 25.3. The molecule has 1 aliphatic rings. The van der Waals surface area contributed by atoms with Crippen LogP contribution >= 0.6 is 0 Å². The highest BCUT2D eigenvalue weighted by atomic mass is 16.5. The van der Waals surface area contributed by atoms with E-state index in [-0.39, 0.29) is 18.5 Å². The SMILES string of the molecule is COC(=O)CC1CN(N)CCO1. The quantitative estimate of drug-likeness (QED) is 0.435. The fourth-order valence-corrected chi connectivity index (χ4v) is 1.13. The van der Waals surface area contributed by atoms with Gasteiger partial charge in [0.25, 0.3) is 0 Å². The molecule has 1 saturated heterocycles. The van der Waals surface area contributed by atoms with Gasteiger partial charge in [-0.15, -0.1) is 0 Å². The van der Waals surface area contributed by atoms with Crippen LogP contribution in [0.5, 0.6) is 0 Å².